The molecule has 0 aliphatic carbocycles. The maximum atomic E-state index is 13.5. The second-order valence-corrected chi connectivity index (χ2v) is 13.9. The Kier molecular flexibility index (Phi) is 10.5. The van der Waals surface area contributed by atoms with E-state index in [1.807, 2.05) is 79.7 Å². The van der Waals surface area contributed by atoms with E-state index in [4.69, 9.17) is 14.2 Å². The molecule has 1 saturated heterocycles. The quantitative estimate of drug-likeness (QED) is 0.156. The minimum absolute atomic E-state index is 0.0806. The van der Waals surface area contributed by atoms with E-state index >= 15 is 0 Å². The van der Waals surface area contributed by atoms with Gasteiger partial charge in [0, 0.05) is 79.7 Å². The van der Waals surface area contributed by atoms with Crippen LogP contribution in [0.15, 0.2) is 103 Å². The number of rotatable bonds is 14. The normalized spacial score (nSPS) is 13.1. The first kappa shape index (κ1) is 37.4. The number of carboxylic acid groups (broad SMARTS) is 2. The van der Waals surface area contributed by atoms with Crippen molar-refractivity contribution >= 4 is 52.7 Å². The zero-order chi connectivity index (χ0) is 39.5. The van der Waals surface area contributed by atoms with Gasteiger partial charge in [-0.05, 0) is 53.2 Å². The number of carbonyl (C=O) groups is 3. The van der Waals surface area contributed by atoms with Crippen LogP contribution in [0.5, 0.6) is 23.0 Å². The molecule has 2 heterocycles. The summed E-state index contributed by atoms with van der Waals surface area (Å²) in [5.74, 6) is -0.479. The number of nitrogens with zero attached hydrogens (tertiary/aromatic N) is 3. The molecule has 0 bridgehead atoms. The first-order valence-corrected chi connectivity index (χ1v) is 18.1. The van der Waals surface area contributed by atoms with E-state index in [1.165, 1.54) is 6.07 Å². The third-order valence-electron chi connectivity index (χ3n) is 9.76. The second-order valence-electron chi connectivity index (χ2n) is 13.9. The van der Waals surface area contributed by atoms with Gasteiger partial charge in [0.05, 0.1) is 23.3 Å². The summed E-state index contributed by atoms with van der Waals surface area (Å²) in [6.45, 7) is 5.14. The summed E-state index contributed by atoms with van der Waals surface area (Å²) in [5.41, 5.74) is 4.92. The van der Waals surface area contributed by atoms with Crippen LogP contribution in [0.1, 0.15) is 21.5 Å². The number of fused-ring (bicyclic) bond motifs is 2. The van der Waals surface area contributed by atoms with Gasteiger partial charge in [-0.1, -0.05) is 55.1 Å². The molecular weight excluding hydrogens is 713 g/mol. The molecule has 2 aliphatic heterocycles. The maximum absolute atomic E-state index is 13.5. The highest BCUT2D eigenvalue weighted by Gasteiger charge is 2.34. The number of aliphatic carboxylic acids is 1. The average molecular weight is 754 g/mol. The molecule has 1 amide bonds. The van der Waals surface area contributed by atoms with Crippen LogP contribution >= 0.6 is 0 Å². The Morgan fingerprint density at radius 2 is 1.57 bits per heavy atom. The number of ether oxygens (including phenoxy) is 3. The second kappa shape index (κ2) is 15.8. The van der Waals surface area contributed by atoms with E-state index in [0.29, 0.717) is 53.0 Å². The van der Waals surface area contributed by atoms with Crippen molar-refractivity contribution in [3.63, 3.8) is 0 Å². The molecule has 12 nitrogen and oxygen atoms in total. The number of hydrogen-bond acceptors (Lipinski definition) is 10. The van der Waals surface area contributed by atoms with Crippen molar-refractivity contribution in [2.24, 2.45) is 5.92 Å². The zero-order valence-electron chi connectivity index (χ0n) is 31.3. The Morgan fingerprint density at radius 3 is 2.32 bits per heavy atom. The van der Waals surface area contributed by atoms with Gasteiger partial charge in [-0.2, -0.15) is 0 Å². The van der Waals surface area contributed by atoms with Gasteiger partial charge in [0.1, 0.15) is 42.8 Å². The summed E-state index contributed by atoms with van der Waals surface area (Å²) in [5, 5.41) is 26.0. The van der Waals surface area contributed by atoms with Crippen molar-refractivity contribution < 1.29 is 38.8 Å². The fourth-order valence-electron chi connectivity index (χ4n) is 6.95. The number of carbonyl (C=O) groups excluding carboxylic acids is 2. The third-order valence-corrected chi connectivity index (χ3v) is 9.76. The number of amides is 1. The molecule has 56 heavy (non-hydrogen) atoms. The van der Waals surface area contributed by atoms with E-state index in [2.05, 4.69) is 16.8 Å². The fourth-order valence-corrected chi connectivity index (χ4v) is 6.95. The van der Waals surface area contributed by atoms with Crippen molar-refractivity contribution in [2.45, 2.75) is 0 Å². The molecular formula is C44H41N4O8-. The predicted molar refractivity (Wildman–Crippen MR) is 214 cm³/mol. The van der Waals surface area contributed by atoms with Crippen LogP contribution in [-0.2, 0) is 9.59 Å². The van der Waals surface area contributed by atoms with Gasteiger partial charge in [0.2, 0.25) is 5.91 Å². The number of para-hydroxylation sites is 2. The van der Waals surface area contributed by atoms with Gasteiger partial charge in [0.15, 0.2) is 0 Å². The molecule has 5 aromatic rings. The van der Waals surface area contributed by atoms with Crippen molar-refractivity contribution in [2.75, 3.05) is 74.0 Å². The Balaban J connectivity index is 1.04. The standard InChI is InChI=1S/C44H42N4O8/c1-27-13-16-33-38(21-27)56-39-23-30(15-17-34(39)42(33)31-9-5-6-10-32(31)44(52)53)48-24-28(25-48)43(51)45-29-14-18-36(47(4)26-41(49)50)40(22-29)55-20-19-54-37-12-8-7-11-35(37)46(2)3/h5-18,21-23,28H,1,19-20,24-26H2,2-4H3,(H,45,51)(H,49,50)(H,52,53)/p-1. The Labute approximate surface area is 324 Å². The Hall–Kier alpha value is -6.95. The van der Waals surface area contributed by atoms with E-state index in [9.17, 15) is 24.6 Å². The third kappa shape index (κ3) is 7.81. The van der Waals surface area contributed by atoms with Gasteiger partial charge in [-0.25, -0.2) is 0 Å². The lowest BCUT2D eigenvalue weighted by Gasteiger charge is -2.40. The molecule has 12 heteroatoms. The van der Waals surface area contributed by atoms with E-state index in [1.54, 1.807) is 48.3 Å². The number of aromatic carboxylic acids is 1. The highest BCUT2D eigenvalue weighted by Crippen LogP contribution is 2.40. The summed E-state index contributed by atoms with van der Waals surface area (Å²) in [6.07, 6.45) is 0. The molecule has 0 saturated carbocycles. The summed E-state index contributed by atoms with van der Waals surface area (Å²) in [7, 11) is 5.53. The van der Waals surface area contributed by atoms with Gasteiger partial charge in [0.25, 0.3) is 0 Å². The molecule has 0 atom stereocenters. The van der Waals surface area contributed by atoms with Crippen molar-refractivity contribution in [3.8, 4) is 23.0 Å². The SMILES string of the molecule is C=c1ccc2c(c1)Oc1cc(N3CC(C(=O)Nc4ccc(N(C)CC(=O)O)c(OCCOc5ccccc5N(C)C)c4)C3)ccc1C=2c1ccccc1C(=O)[O-]. The van der Waals surface area contributed by atoms with Crippen molar-refractivity contribution in [1.29, 1.82) is 0 Å². The minimum Gasteiger partial charge on any atom is -0.545 e. The number of anilines is 4. The van der Waals surface area contributed by atoms with Crippen LogP contribution in [0.2, 0.25) is 0 Å². The molecule has 0 radical (unpaired) electrons. The Morgan fingerprint density at radius 1 is 0.839 bits per heavy atom. The molecule has 5 aromatic carbocycles. The van der Waals surface area contributed by atoms with Crippen LogP contribution in [0.4, 0.5) is 22.7 Å². The van der Waals surface area contributed by atoms with E-state index in [-0.39, 0.29) is 37.1 Å². The topological polar surface area (TPSA) is 144 Å². The molecule has 7 rings (SSSR count). The lowest BCUT2D eigenvalue weighted by Crippen LogP contribution is -2.52. The lowest BCUT2D eigenvalue weighted by atomic mass is 9.89. The largest absolute Gasteiger partial charge is 0.545 e. The van der Waals surface area contributed by atoms with Gasteiger partial charge >= 0.3 is 5.97 Å². The molecule has 2 aliphatic rings. The number of likely N-dealkylation sites (N-methyl/N-ethyl adjacent to an activating group) is 1. The molecule has 1 fully saturated rings. The number of carboxylic acids is 2. The van der Waals surface area contributed by atoms with Crippen LogP contribution in [0.3, 0.4) is 0 Å². The zero-order valence-corrected chi connectivity index (χ0v) is 31.3. The fraction of sp³-hybridized carbons (Fsp3) is 0.205. The number of benzene rings is 5. The lowest BCUT2D eigenvalue weighted by molar-refractivity contribution is -0.255. The maximum Gasteiger partial charge on any atom is 0.323 e. The Bertz CT molecular complexity index is 2440. The van der Waals surface area contributed by atoms with Crippen LogP contribution in [0.25, 0.3) is 12.2 Å². The molecule has 2 N–H and O–H groups in total. The van der Waals surface area contributed by atoms with Gasteiger partial charge in [-0.15, -0.1) is 0 Å². The number of nitrogens with one attached hydrogen (secondary N) is 1. The minimum atomic E-state index is -1.27. The van der Waals surface area contributed by atoms with Crippen LogP contribution in [0, 0.1) is 5.92 Å². The molecule has 0 unspecified atom stereocenters. The monoisotopic (exact) mass is 753 g/mol. The summed E-state index contributed by atoms with van der Waals surface area (Å²) in [6, 6.07) is 30.9. The highest BCUT2D eigenvalue weighted by atomic mass is 16.5. The number of hydrogen-bond donors (Lipinski definition) is 2. The van der Waals surface area contributed by atoms with E-state index < -0.39 is 11.9 Å². The van der Waals surface area contributed by atoms with Crippen LogP contribution in [-0.4, -0.2) is 76.9 Å². The molecule has 286 valence electrons. The van der Waals surface area contributed by atoms with E-state index in [0.717, 1.165) is 32.9 Å². The summed E-state index contributed by atoms with van der Waals surface area (Å²) < 4.78 is 18.5. The van der Waals surface area contributed by atoms with Crippen molar-refractivity contribution in [3.05, 3.63) is 130 Å². The summed E-state index contributed by atoms with van der Waals surface area (Å²) >= 11 is 0. The average Bonchev–Trinajstić information content (AvgIpc) is 3.14. The van der Waals surface area contributed by atoms with Gasteiger partial charge < -0.3 is 49.2 Å². The molecule has 0 aromatic heterocycles. The smallest absolute Gasteiger partial charge is 0.323 e. The first-order chi connectivity index (χ1) is 27.0. The molecule has 0 spiro atoms. The van der Waals surface area contributed by atoms with Crippen LogP contribution < -0.4 is 49.8 Å². The first-order valence-electron chi connectivity index (χ1n) is 18.1. The van der Waals surface area contributed by atoms with Gasteiger partial charge in [-0.3, -0.25) is 9.59 Å². The predicted octanol–water partition coefficient (Wildman–Crippen LogP) is 3.93. The van der Waals surface area contributed by atoms with Crippen molar-refractivity contribution in [1.82, 2.24) is 0 Å². The summed E-state index contributed by atoms with van der Waals surface area (Å²) in [4.78, 5) is 42.7. The highest BCUT2D eigenvalue weighted by molar-refractivity contribution is 5.98.